The number of ketones is 1. The summed E-state index contributed by atoms with van der Waals surface area (Å²) < 4.78 is 17.5. The van der Waals surface area contributed by atoms with Crippen LogP contribution in [0.3, 0.4) is 0 Å². The number of halogens is 1. The molecule has 9 heteroatoms. The summed E-state index contributed by atoms with van der Waals surface area (Å²) in [6.07, 6.45) is 0.456. The van der Waals surface area contributed by atoms with Crippen molar-refractivity contribution in [2.24, 2.45) is 17.8 Å². The van der Waals surface area contributed by atoms with Crippen LogP contribution in [0.4, 0.5) is 0 Å². The van der Waals surface area contributed by atoms with Crippen molar-refractivity contribution in [2.75, 3.05) is 7.11 Å². The number of esters is 1. The van der Waals surface area contributed by atoms with Gasteiger partial charge in [0.1, 0.15) is 29.4 Å². The Bertz CT molecular complexity index is 1380. The number of carbonyl (C=O) groups excluding carboxylic acids is 3. The molecule has 0 fully saturated rings. The minimum absolute atomic E-state index is 0.132. The third kappa shape index (κ3) is 7.56. The van der Waals surface area contributed by atoms with Crippen LogP contribution in [0, 0.1) is 17.8 Å². The lowest BCUT2D eigenvalue weighted by molar-refractivity contribution is -0.147. The van der Waals surface area contributed by atoms with Gasteiger partial charge in [-0.05, 0) is 41.7 Å². The second kappa shape index (κ2) is 13.6. The van der Waals surface area contributed by atoms with Gasteiger partial charge in [-0.2, -0.15) is 0 Å². The lowest BCUT2D eigenvalue weighted by atomic mass is 9.85. The fourth-order valence-corrected chi connectivity index (χ4v) is 4.46. The fraction of sp³-hybridized carbons (Fsp3) is 0.400. The number of ether oxygens (including phenoxy) is 2. The molecule has 0 saturated heterocycles. The van der Waals surface area contributed by atoms with Crippen molar-refractivity contribution in [3.8, 4) is 5.75 Å². The first kappa shape index (κ1) is 30.1. The number of methoxy groups -OCH3 is 1. The van der Waals surface area contributed by atoms with E-state index in [-0.39, 0.29) is 41.6 Å². The molecule has 1 unspecified atom stereocenters. The first-order valence-electron chi connectivity index (χ1n) is 12.9. The predicted molar refractivity (Wildman–Crippen MR) is 152 cm³/mol. The zero-order valence-corrected chi connectivity index (χ0v) is 24.4. The van der Waals surface area contributed by atoms with Gasteiger partial charge in [0, 0.05) is 22.9 Å². The van der Waals surface area contributed by atoms with E-state index in [9.17, 15) is 19.2 Å². The SMILES string of the molecule is CCC(C)[C@H](CC(=O)c1cc(=O)c2c(OCc3ccc(Br)cc3)cccc2o1)C(=O)N[C@H](C(=O)OC)C(C)C. The molecule has 0 aliphatic heterocycles. The lowest BCUT2D eigenvalue weighted by Crippen LogP contribution is -2.48. The molecule has 1 aromatic heterocycles. The maximum Gasteiger partial charge on any atom is 0.328 e. The van der Waals surface area contributed by atoms with Gasteiger partial charge in [-0.15, -0.1) is 0 Å². The van der Waals surface area contributed by atoms with E-state index in [1.807, 2.05) is 38.1 Å². The number of fused-ring (bicyclic) bond motifs is 1. The molecule has 39 heavy (non-hydrogen) atoms. The van der Waals surface area contributed by atoms with E-state index in [0.29, 0.717) is 12.2 Å². The molecule has 0 aliphatic carbocycles. The molecule has 8 nitrogen and oxygen atoms in total. The summed E-state index contributed by atoms with van der Waals surface area (Å²) in [5.41, 5.74) is 0.725. The molecule has 0 saturated carbocycles. The summed E-state index contributed by atoms with van der Waals surface area (Å²) >= 11 is 3.40. The zero-order valence-electron chi connectivity index (χ0n) is 22.8. The van der Waals surface area contributed by atoms with E-state index in [2.05, 4.69) is 21.2 Å². The van der Waals surface area contributed by atoms with E-state index >= 15 is 0 Å². The maximum absolute atomic E-state index is 13.3. The highest BCUT2D eigenvalue weighted by Gasteiger charge is 2.33. The molecule has 1 amide bonds. The second-order valence-electron chi connectivity index (χ2n) is 9.89. The van der Waals surface area contributed by atoms with Crippen LogP contribution in [0.5, 0.6) is 5.75 Å². The van der Waals surface area contributed by atoms with Crippen LogP contribution in [-0.4, -0.2) is 30.8 Å². The Balaban J connectivity index is 1.83. The Morgan fingerprint density at radius 3 is 2.36 bits per heavy atom. The van der Waals surface area contributed by atoms with Crippen molar-refractivity contribution >= 4 is 44.6 Å². The van der Waals surface area contributed by atoms with Crippen molar-refractivity contribution < 1.29 is 28.3 Å². The first-order chi connectivity index (χ1) is 18.5. The lowest BCUT2D eigenvalue weighted by Gasteiger charge is -2.26. The van der Waals surface area contributed by atoms with Gasteiger partial charge in [0.15, 0.2) is 17.0 Å². The summed E-state index contributed by atoms with van der Waals surface area (Å²) in [5, 5.41) is 2.98. The Morgan fingerprint density at radius 1 is 1.05 bits per heavy atom. The smallest absolute Gasteiger partial charge is 0.328 e. The largest absolute Gasteiger partial charge is 0.488 e. The van der Waals surface area contributed by atoms with Crippen molar-refractivity contribution in [2.45, 2.75) is 53.2 Å². The van der Waals surface area contributed by atoms with Gasteiger partial charge in [0.25, 0.3) is 0 Å². The highest BCUT2D eigenvalue weighted by atomic mass is 79.9. The Kier molecular flexibility index (Phi) is 10.5. The Morgan fingerprint density at radius 2 is 1.74 bits per heavy atom. The monoisotopic (exact) mass is 599 g/mol. The van der Waals surface area contributed by atoms with Gasteiger partial charge >= 0.3 is 5.97 Å². The molecular weight excluding hydrogens is 566 g/mol. The van der Waals surface area contributed by atoms with E-state index < -0.39 is 35.0 Å². The highest BCUT2D eigenvalue weighted by molar-refractivity contribution is 9.10. The van der Waals surface area contributed by atoms with Crippen molar-refractivity contribution in [1.82, 2.24) is 5.32 Å². The van der Waals surface area contributed by atoms with Crippen LogP contribution in [0.15, 0.2) is 62.2 Å². The minimum atomic E-state index is -0.835. The molecule has 1 N–H and O–H groups in total. The van der Waals surface area contributed by atoms with Crippen LogP contribution in [0.1, 0.15) is 56.7 Å². The molecule has 0 radical (unpaired) electrons. The number of benzene rings is 2. The average Bonchev–Trinajstić information content (AvgIpc) is 2.92. The van der Waals surface area contributed by atoms with E-state index in [0.717, 1.165) is 16.1 Å². The molecular formula is C30H34BrNO7. The van der Waals surface area contributed by atoms with Crippen molar-refractivity contribution in [1.29, 1.82) is 0 Å². The molecule has 3 rings (SSSR count). The van der Waals surface area contributed by atoms with Crippen LogP contribution < -0.4 is 15.5 Å². The normalized spacial score (nSPS) is 13.5. The van der Waals surface area contributed by atoms with Crippen molar-refractivity contribution in [3.05, 3.63) is 74.6 Å². The predicted octanol–water partition coefficient (Wildman–Crippen LogP) is 5.68. The van der Waals surface area contributed by atoms with Crippen LogP contribution in [-0.2, 0) is 20.9 Å². The first-order valence-corrected chi connectivity index (χ1v) is 13.7. The second-order valence-corrected chi connectivity index (χ2v) is 10.8. The van der Waals surface area contributed by atoms with E-state index in [4.69, 9.17) is 13.9 Å². The third-order valence-electron chi connectivity index (χ3n) is 6.79. The van der Waals surface area contributed by atoms with Gasteiger partial charge in [0.05, 0.1) is 7.11 Å². The van der Waals surface area contributed by atoms with Crippen molar-refractivity contribution in [3.63, 3.8) is 0 Å². The molecule has 0 spiro atoms. The van der Waals surface area contributed by atoms with Gasteiger partial charge < -0.3 is 19.2 Å². The molecule has 208 valence electrons. The fourth-order valence-electron chi connectivity index (χ4n) is 4.20. The number of nitrogens with one attached hydrogen (secondary N) is 1. The number of hydrogen-bond donors (Lipinski definition) is 1. The summed E-state index contributed by atoms with van der Waals surface area (Å²) in [6.45, 7) is 7.63. The standard InChI is InChI=1S/C30H34BrNO7/c1-6-18(4)21(29(35)32-28(17(2)3)30(36)37-5)14-22(33)26-15-23(34)27-24(8-7-9-25(27)39-26)38-16-19-10-12-20(31)13-11-19/h7-13,15,17-18,21,28H,6,14,16H2,1-5H3,(H,32,35)/t18?,21-,28-/m0/s1. The van der Waals surface area contributed by atoms with Gasteiger partial charge in [-0.1, -0.05) is 68.2 Å². The Labute approximate surface area is 236 Å². The van der Waals surface area contributed by atoms with Crippen LogP contribution in [0.2, 0.25) is 0 Å². The summed E-state index contributed by atoms with van der Waals surface area (Å²) in [6, 6.07) is 12.9. The number of hydrogen-bond acceptors (Lipinski definition) is 7. The van der Waals surface area contributed by atoms with E-state index in [1.54, 1.807) is 32.0 Å². The maximum atomic E-state index is 13.3. The van der Waals surface area contributed by atoms with Gasteiger partial charge in [-0.25, -0.2) is 4.79 Å². The number of Topliss-reactive ketones (excluding diaryl/α,β-unsaturated/α-hetero) is 1. The molecule has 0 bridgehead atoms. The number of rotatable bonds is 12. The minimum Gasteiger partial charge on any atom is -0.488 e. The van der Waals surface area contributed by atoms with Gasteiger partial charge in [0.2, 0.25) is 5.91 Å². The molecule has 2 aromatic carbocycles. The van der Waals surface area contributed by atoms with Crippen LogP contribution >= 0.6 is 15.9 Å². The average molecular weight is 601 g/mol. The quantitative estimate of drug-likeness (QED) is 0.210. The topological polar surface area (TPSA) is 112 Å². The third-order valence-corrected chi connectivity index (χ3v) is 7.32. The summed E-state index contributed by atoms with van der Waals surface area (Å²) in [5.74, 6) is -2.32. The van der Waals surface area contributed by atoms with Crippen LogP contribution in [0.25, 0.3) is 11.0 Å². The summed E-state index contributed by atoms with van der Waals surface area (Å²) in [4.78, 5) is 51.7. The summed E-state index contributed by atoms with van der Waals surface area (Å²) in [7, 11) is 1.26. The Hall–Kier alpha value is -3.46. The molecule has 3 atom stereocenters. The van der Waals surface area contributed by atoms with E-state index in [1.165, 1.54) is 7.11 Å². The molecule has 0 aliphatic rings. The number of amides is 1. The highest BCUT2D eigenvalue weighted by Crippen LogP contribution is 2.27. The number of carbonyl (C=O) groups is 3. The zero-order chi connectivity index (χ0) is 28.7. The molecule has 1 heterocycles. The van der Waals surface area contributed by atoms with Gasteiger partial charge in [-0.3, -0.25) is 14.4 Å². The molecule has 3 aromatic rings.